The average Bonchev–Trinajstić information content (AvgIpc) is 2.82. The van der Waals surface area contributed by atoms with Crippen LogP contribution in [0.2, 0.25) is 0 Å². The first kappa shape index (κ1) is 23.2. The quantitative estimate of drug-likeness (QED) is 0.500. The highest BCUT2D eigenvalue weighted by molar-refractivity contribution is 5.41. The number of ether oxygens (including phenoxy) is 2. The summed E-state index contributed by atoms with van der Waals surface area (Å²) in [5.41, 5.74) is 2.57. The van der Waals surface area contributed by atoms with Crippen LogP contribution >= 0.6 is 0 Å². The van der Waals surface area contributed by atoms with Crippen molar-refractivity contribution in [2.75, 3.05) is 13.7 Å². The molecule has 1 heterocycles. The molecule has 3 unspecified atom stereocenters. The van der Waals surface area contributed by atoms with Crippen molar-refractivity contribution < 1.29 is 28.5 Å². The number of phenols is 1. The Hall–Kier alpha value is -3.00. The largest absolute Gasteiger partial charge is 0.504 e. The normalized spacial score (nSPS) is 20.7. The first-order valence-corrected chi connectivity index (χ1v) is 10.8. The Bertz CT molecular complexity index is 1010. The number of hydrogen-bond acceptors (Lipinski definition) is 5. The summed E-state index contributed by atoms with van der Waals surface area (Å²) in [4.78, 5) is 0. The minimum atomic E-state index is -0.675. The molecule has 1 aliphatic rings. The fraction of sp³-hybridized carbons (Fsp3) is 0.308. The summed E-state index contributed by atoms with van der Waals surface area (Å²) in [6.07, 6.45) is -0.676. The summed E-state index contributed by atoms with van der Waals surface area (Å²) in [5, 5.41) is 23.9. The lowest BCUT2D eigenvalue weighted by Crippen LogP contribution is -2.50. The molecule has 0 aromatic heterocycles. The van der Waals surface area contributed by atoms with Gasteiger partial charge in [0.05, 0.1) is 32.0 Å². The van der Waals surface area contributed by atoms with E-state index >= 15 is 0 Å². The number of hydrogen-bond donors (Lipinski definition) is 3. The maximum absolute atomic E-state index is 13.5. The van der Waals surface area contributed by atoms with Crippen molar-refractivity contribution in [1.29, 1.82) is 0 Å². The lowest BCUT2D eigenvalue weighted by Gasteiger charge is -2.38. The molecule has 0 bridgehead atoms. The van der Waals surface area contributed by atoms with Gasteiger partial charge in [-0.2, -0.15) is 0 Å². The highest BCUT2D eigenvalue weighted by Gasteiger charge is 2.35. The van der Waals surface area contributed by atoms with Gasteiger partial charge in [0.2, 0.25) is 0 Å². The van der Waals surface area contributed by atoms with Crippen LogP contribution in [0.1, 0.15) is 29.0 Å². The molecule has 3 aromatic rings. The zero-order chi connectivity index (χ0) is 23.4. The molecule has 4 rings (SSSR count). The molecule has 1 saturated heterocycles. The first-order valence-electron chi connectivity index (χ1n) is 10.8. The summed E-state index contributed by atoms with van der Waals surface area (Å²) in [7, 11) is 1.49. The average molecular weight is 456 g/mol. The lowest BCUT2D eigenvalue weighted by molar-refractivity contribution is -0.0718. The predicted octanol–water partition coefficient (Wildman–Crippen LogP) is 4.12. The second-order valence-corrected chi connectivity index (χ2v) is 8.25. The van der Waals surface area contributed by atoms with E-state index < -0.39 is 6.10 Å². The molecule has 0 spiro atoms. The van der Waals surface area contributed by atoms with E-state index in [9.17, 15) is 19.0 Å². The van der Waals surface area contributed by atoms with Gasteiger partial charge in [0.25, 0.3) is 0 Å². The van der Waals surface area contributed by atoms with E-state index in [1.54, 1.807) is 42.5 Å². The molecule has 3 aromatic carbocycles. The van der Waals surface area contributed by atoms with Crippen LogP contribution in [0.25, 0.3) is 0 Å². The van der Waals surface area contributed by atoms with Gasteiger partial charge in [-0.3, -0.25) is 0 Å². The van der Waals surface area contributed by atoms with Gasteiger partial charge in [-0.15, -0.1) is 0 Å². The molecule has 1 fully saturated rings. The lowest BCUT2D eigenvalue weighted by atomic mass is 9.82. The minimum absolute atomic E-state index is 0.0674. The Morgan fingerprint density at radius 2 is 1.61 bits per heavy atom. The van der Waals surface area contributed by atoms with Gasteiger partial charge in [-0.05, 0) is 53.1 Å². The molecule has 174 valence electrons. The van der Waals surface area contributed by atoms with Crippen molar-refractivity contribution >= 4 is 0 Å². The second-order valence-electron chi connectivity index (χ2n) is 8.25. The number of aromatic hydroxyl groups is 1. The Morgan fingerprint density at radius 3 is 2.15 bits per heavy atom. The van der Waals surface area contributed by atoms with Gasteiger partial charge < -0.3 is 25.0 Å². The van der Waals surface area contributed by atoms with Gasteiger partial charge in [0.1, 0.15) is 11.6 Å². The van der Waals surface area contributed by atoms with E-state index in [0.29, 0.717) is 18.7 Å². The fourth-order valence-corrected chi connectivity index (χ4v) is 4.28. The number of benzene rings is 3. The predicted molar refractivity (Wildman–Crippen MR) is 120 cm³/mol. The third kappa shape index (κ3) is 5.50. The molecule has 3 N–H and O–H groups in total. The molecule has 3 atom stereocenters. The summed E-state index contributed by atoms with van der Waals surface area (Å²) >= 11 is 0. The Kier molecular flexibility index (Phi) is 7.23. The number of methoxy groups -OCH3 is 1. The van der Waals surface area contributed by atoms with E-state index in [1.807, 2.05) is 0 Å². The van der Waals surface area contributed by atoms with Gasteiger partial charge in [0.15, 0.2) is 11.5 Å². The van der Waals surface area contributed by atoms with Crippen molar-refractivity contribution in [2.45, 2.75) is 37.1 Å². The zero-order valence-electron chi connectivity index (χ0n) is 18.2. The molecule has 0 aliphatic carbocycles. The van der Waals surface area contributed by atoms with Crippen molar-refractivity contribution in [3.8, 4) is 11.5 Å². The van der Waals surface area contributed by atoms with Gasteiger partial charge in [-0.1, -0.05) is 30.3 Å². The van der Waals surface area contributed by atoms with Crippen LogP contribution in [0.4, 0.5) is 8.78 Å². The smallest absolute Gasteiger partial charge is 0.160 e. The van der Waals surface area contributed by atoms with Gasteiger partial charge in [-0.25, -0.2) is 8.78 Å². The molecule has 1 aliphatic heterocycles. The topological polar surface area (TPSA) is 71.0 Å². The molecule has 0 radical (unpaired) electrons. The van der Waals surface area contributed by atoms with Crippen LogP contribution in [0, 0.1) is 11.6 Å². The number of nitrogens with one attached hydrogen (secondary N) is 1. The van der Waals surface area contributed by atoms with Crippen LogP contribution in [0.3, 0.4) is 0 Å². The monoisotopic (exact) mass is 455 g/mol. The number of halogens is 2. The zero-order valence-corrected chi connectivity index (χ0v) is 18.2. The van der Waals surface area contributed by atoms with Crippen molar-refractivity contribution in [1.82, 2.24) is 5.32 Å². The molecule has 33 heavy (non-hydrogen) atoms. The number of aliphatic hydroxyl groups excluding tert-OH is 1. The molecular weight excluding hydrogens is 428 g/mol. The Morgan fingerprint density at radius 1 is 1.00 bits per heavy atom. The Balaban J connectivity index is 1.46. The van der Waals surface area contributed by atoms with Crippen molar-refractivity contribution in [2.24, 2.45) is 0 Å². The maximum atomic E-state index is 13.5. The van der Waals surface area contributed by atoms with Crippen molar-refractivity contribution in [3.63, 3.8) is 0 Å². The van der Waals surface area contributed by atoms with E-state index in [2.05, 4.69) is 5.32 Å². The third-order valence-electron chi connectivity index (χ3n) is 6.07. The first-order chi connectivity index (χ1) is 15.9. The van der Waals surface area contributed by atoms with E-state index in [4.69, 9.17) is 9.47 Å². The second kappa shape index (κ2) is 10.3. The molecule has 5 nitrogen and oxygen atoms in total. The van der Waals surface area contributed by atoms with Crippen LogP contribution < -0.4 is 10.1 Å². The third-order valence-corrected chi connectivity index (χ3v) is 6.07. The van der Waals surface area contributed by atoms with Crippen LogP contribution in [-0.4, -0.2) is 42.2 Å². The number of aliphatic hydroxyl groups is 1. The molecule has 0 amide bonds. The standard InChI is InChI=1S/C26H27F2NO4/c1-32-24-12-16(2-11-22(24)30)14-29-21-15-33-25(13-23(21)31)26(17-3-7-19(27)8-4-17)18-5-9-20(28)10-6-18/h2-12,21,23,25-26,29-31H,13-15H2,1H3. The summed E-state index contributed by atoms with van der Waals surface area (Å²) < 4.78 is 38.3. The number of rotatable bonds is 7. The van der Waals surface area contributed by atoms with Crippen molar-refractivity contribution in [3.05, 3.63) is 95.1 Å². The van der Waals surface area contributed by atoms with Gasteiger partial charge >= 0.3 is 0 Å². The highest BCUT2D eigenvalue weighted by atomic mass is 19.1. The maximum Gasteiger partial charge on any atom is 0.160 e. The van der Waals surface area contributed by atoms with E-state index in [-0.39, 0.29) is 42.1 Å². The Labute approximate surface area is 191 Å². The van der Waals surface area contributed by atoms with E-state index in [0.717, 1.165) is 16.7 Å². The molecule has 7 heteroatoms. The fourth-order valence-electron chi connectivity index (χ4n) is 4.28. The molecule has 0 saturated carbocycles. The summed E-state index contributed by atoms with van der Waals surface area (Å²) in [6.45, 7) is 0.742. The van der Waals surface area contributed by atoms with Crippen LogP contribution in [-0.2, 0) is 11.3 Å². The van der Waals surface area contributed by atoms with E-state index in [1.165, 1.54) is 31.4 Å². The van der Waals surface area contributed by atoms with Crippen LogP contribution in [0.15, 0.2) is 66.7 Å². The van der Waals surface area contributed by atoms with Gasteiger partial charge in [0, 0.05) is 18.9 Å². The highest BCUT2D eigenvalue weighted by Crippen LogP contribution is 2.35. The molecular formula is C26H27F2NO4. The SMILES string of the molecule is COc1cc(CNC2COC(C(c3ccc(F)cc3)c3ccc(F)cc3)CC2O)ccc1O. The van der Waals surface area contributed by atoms with Crippen LogP contribution in [0.5, 0.6) is 11.5 Å². The summed E-state index contributed by atoms with van der Waals surface area (Å²) in [6, 6.07) is 17.1. The summed E-state index contributed by atoms with van der Waals surface area (Å²) in [5.74, 6) is -0.496. The number of phenolic OH excluding ortho intramolecular Hbond substituents is 1. The minimum Gasteiger partial charge on any atom is -0.504 e.